The van der Waals surface area contributed by atoms with Gasteiger partial charge in [0.05, 0.1) is 22.4 Å². The number of rotatable bonds is 8. The van der Waals surface area contributed by atoms with Crippen molar-refractivity contribution < 1.29 is 24.5 Å². The summed E-state index contributed by atoms with van der Waals surface area (Å²) in [4.78, 5) is 14.5. The zero-order valence-electron chi connectivity index (χ0n) is 35.1. The van der Waals surface area contributed by atoms with Gasteiger partial charge in [-0.1, -0.05) is 85.3 Å². The molecule has 0 unspecified atom stereocenters. The Morgan fingerprint density at radius 2 is 1.47 bits per heavy atom. The van der Waals surface area contributed by atoms with Gasteiger partial charge in [-0.2, -0.15) is 0 Å². The minimum Gasteiger partial charge on any atom is -0.486 e. The minimum atomic E-state index is -1.86. The van der Waals surface area contributed by atoms with E-state index in [-0.39, 0.29) is 20.1 Å². The fourth-order valence-electron chi connectivity index (χ4n) is 7.81. The molecule has 0 bridgehead atoms. The summed E-state index contributed by atoms with van der Waals surface area (Å²) in [7, 11) is 0. The molecule has 4 heterocycles. The predicted octanol–water partition coefficient (Wildman–Crippen LogP) is 13.2. The van der Waals surface area contributed by atoms with Crippen molar-refractivity contribution in [3.8, 4) is 39.5 Å². The molecule has 0 saturated heterocycles. The van der Waals surface area contributed by atoms with Gasteiger partial charge in [0.1, 0.15) is 0 Å². The molecule has 59 heavy (non-hydrogen) atoms. The number of imidazole rings is 1. The second kappa shape index (κ2) is 17.6. The molecular formula is C52H50GeIrN4O-2. The summed E-state index contributed by atoms with van der Waals surface area (Å²) in [5.74, 6) is 9.11. The van der Waals surface area contributed by atoms with Crippen molar-refractivity contribution in [2.24, 2.45) is 5.92 Å². The molecule has 4 aromatic heterocycles. The summed E-state index contributed by atoms with van der Waals surface area (Å²) in [6, 6.07) is 50.8. The molecule has 0 aliphatic heterocycles. The Morgan fingerprint density at radius 3 is 2.17 bits per heavy atom. The molecule has 0 amide bonds. The molecule has 1 radical (unpaired) electrons. The van der Waals surface area contributed by atoms with Crippen molar-refractivity contribution in [1.29, 1.82) is 0 Å². The van der Waals surface area contributed by atoms with Crippen LogP contribution in [0.3, 0.4) is 0 Å². The van der Waals surface area contributed by atoms with E-state index in [2.05, 4.69) is 159 Å². The van der Waals surface area contributed by atoms with Crippen LogP contribution in [0.15, 0.2) is 138 Å². The fourth-order valence-corrected chi connectivity index (χ4v) is 11.1. The van der Waals surface area contributed by atoms with Crippen LogP contribution in [0.25, 0.3) is 72.6 Å². The summed E-state index contributed by atoms with van der Waals surface area (Å²) >= 11 is -1.86. The molecule has 9 rings (SSSR count). The van der Waals surface area contributed by atoms with Gasteiger partial charge in [0.2, 0.25) is 5.71 Å². The topological polar surface area (TPSA) is 56.7 Å². The van der Waals surface area contributed by atoms with Crippen molar-refractivity contribution in [1.82, 2.24) is 19.5 Å². The third-order valence-electron chi connectivity index (χ3n) is 10.6. The molecular weight excluding hydrogens is 961 g/mol. The van der Waals surface area contributed by atoms with Crippen molar-refractivity contribution in [2.45, 2.75) is 64.2 Å². The molecule has 0 aliphatic rings. The van der Waals surface area contributed by atoms with Crippen LogP contribution in [-0.2, 0) is 26.5 Å². The van der Waals surface area contributed by atoms with Gasteiger partial charge in [-0.3, -0.25) is 4.98 Å². The first-order valence-corrected chi connectivity index (χ1v) is 27.6. The molecule has 299 valence electrons. The molecule has 7 heteroatoms. The maximum absolute atomic E-state index is 6.48. The van der Waals surface area contributed by atoms with E-state index in [1.165, 1.54) is 22.3 Å². The second-order valence-electron chi connectivity index (χ2n) is 16.9. The van der Waals surface area contributed by atoms with Gasteiger partial charge in [-0.05, 0) is 54.4 Å². The molecule has 0 N–H and O–H groups in total. The van der Waals surface area contributed by atoms with Gasteiger partial charge in [-0.15, -0.1) is 17.7 Å². The van der Waals surface area contributed by atoms with E-state index < -0.39 is 13.3 Å². The number of aromatic nitrogens is 4. The van der Waals surface area contributed by atoms with Crippen LogP contribution in [0.2, 0.25) is 17.3 Å². The standard InChI is InChI=1S/C34H26N3O.C18H24GeN.Ir/c1-21(2)26-19-20-28(32-31(26)27-18-13-22(3)35-34(27)38-32)33-36-29-11-7-8-12-30(29)37(33)25-16-14-24(15-17-25)23-9-5-4-6-10-23;1-14(2)11-16-12-18(15-9-7-6-8-10-15)20-13-17(16)19(3,4)5;/h4-19,21H,1-3H3;6-9,12-14H,11H2,1-5H3;/q2*-1;. The number of hydrogen-bond donors (Lipinski definition) is 0. The third kappa shape index (κ3) is 8.77. The smallest absolute Gasteiger partial charge is 0.216 e. The van der Waals surface area contributed by atoms with Crippen LogP contribution in [0.1, 0.15) is 50.4 Å². The Morgan fingerprint density at radius 1 is 0.763 bits per heavy atom. The van der Waals surface area contributed by atoms with E-state index >= 15 is 0 Å². The Labute approximate surface area is 364 Å². The second-order valence-corrected chi connectivity index (χ2v) is 27.5. The van der Waals surface area contributed by atoms with E-state index in [1.807, 2.05) is 43.3 Å². The zero-order valence-corrected chi connectivity index (χ0v) is 39.6. The van der Waals surface area contributed by atoms with E-state index in [4.69, 9.17) is 19.4 Å². The number of nitrogens with zero attached hydrogens (tertiary/aromatic N) is 4. The SMILES string of the molecule is CC(C)Cc1cc(-c2[c-]cccc2)nc[c]1[Ge]([CH3])([CH3])[CH3].Cc1ccc2c(n1)oc1c(-c3nc4ccccc4n3-c3ccc(-c4ccccc4)cc3)[c-]cc(C(C)C)c12.[Ir]. The molecule has 0 saturated carbocycles. The number of hydrogen-bond acceptors (Lipinski definition) is 4. The van der Waals surface area contributed by atoms with Crippen molar-refractivity contribution in [3.05, 3.63) is 163 Å². The Bertz CT molecular complexity index is 2850. The van der Waals surface area contributed by atoms with Crippen LogP contribution in [0.4, 0.5) is 0 Å². The molecule has 0 fully saturated rings. The van der Waals surface area contributed by atoms with E-state index in [0.717, 1.165) is 67.8 Å². The molecule has 0 aliphatic carbocycles. The maximum Gasteiger partial charge on any atom is 0.216 e. The first-order chi connectivity index (χ1) is 28.0. The van der Waals surface area contributed by atoms with Crippen molar-refractivity contribution in [3.63, 3.8) is 0 Å². The first-order valence-electron chi connectivity index (χ1n) is 20.3. The summed E-state index contributed by atoms with van der Waals surface area (Å²) in [6.45, 7) is 11.0. The number of pyridine rings is 2. The van der Waals surface area contributed by atoms with Gasteiger partial charge < -0.3 is 8.98 Å². The molecule has 0 atom stereocenters. The van der Waals surface area contributed by atoms with Gasteiger partial charge in [-0.25, -0.2) is 4.98 Å². The largest absolute Gasteiger partial charge is 0.486 e. The Kier molecular flexibility index (Phi) is 12.5. The van der Waals surface area contributed by atoms with Gasteiger partial charge in [0.25, 0.3) is 0 Å². The summed E-state index contributed by atoms with van der Waals surface area (Å²) in [5, 5.41) is 2.12. The van der Waals surface area contributed by atoms with E-state index in [1.54, 1.807) is 4.40 Å². The maximum atomic E-state index is 6.48. The first kappa shape index (κ1) is 42.0. The number of furan rings is 1. The number of benzene rings is 5. The average molecular weight is 1010 g/mol. The van der Waals surface area contributed by atoms with Crippen LogP contribution < -0.4 is 4.40 Å². The summed E-state index contributed by atoms with van der Waals surface area (Å²) in [5.41, 5.74) is 13.4. The monoisotopic (exact) mass is 1010 g/mol. The average Bonchev–Trinajstić information content (AvgIpc) is 3.79. The molecule has 5 aromatic carbocycles. The van der Waals surface area contributed by atoms with Crippen LogP contribution in [0.5, 0.6) is 0 Å². The van der Waals surface area contributed by atoms with Crippen LogP contribution in [0, 0.1) is 25.0 Å². The van der Waals surface area contributed by atoms with Gasteiger partial charge in [0.15, 0.2) is 0 Å². The Balaban J connectivity index is 0.000000214. The predicted molar refractivity (Wildman–Crippen MR) is 245 cm³/mol. The van der Waals surface area contributed by atoms with Crippen molar-refractivity contribution >= 4 is 50.8 Å². The van der Waals surface area contributed by atoms with E-state index in [0.29, 0.717) is 17.5 Å². The van der Waals surface area contributed by atoms with Crippen molar-refractivity contribution in [2.75, 3.05) is 0 Å². The van der Waals surface area contributed by atoms with Crippen LogP contribution >= 0.6 is 0 Å². The summed E-state index contributed by atoms with van der Waals surface area (Å²) < 4.78 is 10.2. The van der Waals surface area contributed by atoms with E-state index in [9.17, 15) is 0 Å². The summed E-state index contributed by atoms with van der Waals surface area (Å²) in [6.07, 6.45) is 3.27. The number of aryl methyl sites for hydroxylation is 1. The van der Waals surface area contributed by atoms with Crippen LogP contribution in [-0.4, -0.2) is 32.8 Å². The quantitative estimate of drug-likeness (QED) is 0.112. The normalized spacial score (nSPS) is 11.6. The zero-order chi connectivity index (χ0) is 40.6. The van der Waals surface area contributed by atoms with Gasteiger partial charge >= 0.3 is 126 Å². The molecule has 5 nitrogen and oxygen atoms in total. The Hall–Kier alpha value is -5.14. The molecule has 0 spiro atoms. The van der Waals surface area contributed by atoms with Gasteiger partial charge in [0, 0.05) is 36.9 Å². The fraction of sp³-hybridized carbons (Fsp3) is 0.212. The minimum absolute atomic E-state index is 0. The third-order valence-corrected chi connectivity index (χ3v) is 15.0. The number of para-hydroxylation sites is 2. The number of fused-ring (bicyclic) bond motifs is 4. The molecule has 9 aromatic rings.